The lowest BCUT2D eigenvalue weighted by atomic mass is 9.97. The van der Waals surface area contributed by atoms with E-state index in [0.29, 0.717) is 12.5 Å². The fourth-order valence-electron chi connectivity index (χ4n) is 1.61. The second-order valence-corrected chi connectivity index (χ2v) is 4.60. The second kappa shape index (κ2) is 5.35. The zero-order valence-electron chi connectivity index (χ0n) is 9.45. The van der Waals surface area contributed by atoms with Crippen LogP contribution in [0.2, 0.25) is 0 Å². The molecule has 1 aliphatic rings. The highest BCUT2D eigenvalue weighted by atomic mass is 16.5. The molecule has 0 bridgehead atoms. The van der Waals surface area contributed by atoms with Gasteiger partial charge in [-0.1, -0.05) is 13.8 Å². The van der Waals surface area contributed by atoms with E-state index in [2.05, 4.69) is 25.8 Å². The lowest BCUT2D eigenvalue weighted by Crippen LogP contribution is -2.34. The summed E-state index contributed by atoms with van der Waals surface area (Å²) in [5.74, 6) is 0.585. The van der Waals surface area contributed by atoms with E-state index in [1.165, 1.54) is 0 Å². The van der Waals surface area contributed by atoms with Gasteiger partial charge in [-0.05, 0) is 38.9 Å². The Hall–Kier alpha value is -0.570. The maximum absolute atomic E-state index is 11.6. The molecule has 0 aromatic rings. The lowest BCUT2D eigenvalue weighted by Gasteiger charge is -2.27. The molecule has 82 valence electrons. The predicted octanol–water partition coefficient (Wildman–Crippen LogP) is 1.53. The number of nitrogens with zero attached hydrogens (tertiary/aromatic N) is 1. The van der Waals surface area contributed by atoms with E-state index in [9.17, 15) is 4.79 Å². The first-order valence-electron chi connectivity index (χ1n) is 5.44. The quantitative estimate of drug-likeness (QED) is 0.646. The van der Waals surface area contributed by atoms with E-state index in [0.717, 1.165) is 25.9 Å². The topological polar surface area (TPSA) is 29.5 Å². The van der Waals surface area contributed by atoms with Crippen molar-refractivity contribution in [2.24, 2.45) is 11.8 Å². The Morgan fingerprint density at radius 1 is 1.43 bits per heavy atom. The molecule has 3 nitrogen and oxygen atoms in total. The Bertz CT molecular complexity index is 184. The molecular formula is C11H21NO2. The molecule has 0 saturated carbocycles. The number of piperidine rings is 1. The number of likely N-dealkylation sites (tertiary alicyclic amines) is 1. The molecule has 0 N–H and O–H groups in total. The van der Waals surface area contributed by atoms with Crippen LogP contribution in [0.15, 0.2) is 0 Å². The van der Waals surface area contributed by atoms with Crippen molar-refractivity contribution >= 4 is 5.97 Å². The summed E-state index contributed by atoms with van der Waals surface area (Å²) in [4.78, 5) is 13.8. The average Bonchev–Trinajstić information content (AvgIpc) is 2.15. The van der Waals surface area contributed by atoms with Gasteiger partial charge in [-0.3, -0.25) is 4.79 Å². The summed E-state index contributed by atoms with van der Waals surface area (Å²) in [6.45, 7) is 6.71. The molecule has 14 heavy (non-hydrogen) atoms. The Morgan fingerprint density at radius 3 is 2.50 bits per heavy atom. The van der Waals surface area contributed by atoms with Crippen molar-refractivity contribution in [1.82, 2.24) is 4.90 Å². The van der Waals surface area contributed by atoms with Crippen LogP contribution in [-0.4, -0.2) is 37.6 Å². The molecule has 0 atom stereocenters. The largest absolute Gasteiger partial charge is 0.465 e. The fourth-order valence-corrected chi connectivity index (χ4v) is 1.61. The Balaban J connectivity index is 2.24. The van der Waals surface area contributed by atoms with E-state index >= 15 is 0 Å². The lowest BCUT2D eigenvalue weighted by molar-refractivity contribution is -0.151. The van der Waals surface area contributed by atoms with Gasteiger partial charge in [-0.25, -0.2) is 0 Å². The van der Waals surface area contributed by atoms with Crippen LogP contribution < -0.4 is 0 Å². The van der Waals surface area contributed by atoms with Crippen LogP contribution in [0.1, 0.15) is 26.7 Å². The highest BCUT2D eigenvalue weighted by molar-refractivity contribution is 5.72. The molecule has 1 saturated heterocycles. The van der Waals surface area contributed by atoms with Crippen molar-refractivity contribution < 1.29 is 9.53 Å². The van der Waals surface area contributed by atoms with Gasteiger partial charge in [0, 0.05) is 0 Å². The van der Waals surface area contributed by atoms with Gasteiger partial charge in [0.2, 0.25) is 0 Å². The van der Waals surface area contributed by atoms with Crippen LogP contribution in [0.25, 0.3) is 0 Å². The zero-order valence-corrected chi connectivity index (χ0v) is 9.45. The number of carbonyl (C=O) groups excluding carboxylic acids is 1. The summed E-state index contributed by atoms with van der Waals surface area (Å²) < 4.78 is 5.22. The molecule has 0 amide bonds. The molecular weight excluding hydrogens is 178 g/mol. The number of carbonyl (C=O) groups is 1. The molecule has 3 heteroatoms. The fraction of sp³-hybridized carbons (Fsp3) is 0.909. The number of ether oxygens (including phenoxy) is 1. The minimum atomic E-state index is 0.00630. The number of esters is 1. The van der Waals surface area contributed by atoms with E-state index < -0.39 is 0 Å². The van der Waals surface area contributed by atoms with Crippen molar-refractivity contribution in [1.29, 1.82) is 0 Å². The van der Waals surface area contributed by atoms with Crippen molar-refractivity contribution in [3.8, 4) is 0 Å². The van der Waals surface area contributed by atoms with E-state index in [4.69, 9.17) is 4.74 Å². The third kappa shape index (κ3) is 3.66. The van der Waals surface area contributed by atoms with Gasteiger partial charge in [-0.2, -0.15) is 0 Å². The first-order valence-corrected chi connectivity index (χ1v) is 5.44. The van der Waals surface area contributed by atoms with Crippen LogP contribution in [0.4, 0.5) is 0 Å². The third-order valence-corrected chi connectivity index (χ3v) is 2.61. The number of hydrogen-bond acceptors (Lipinski definition) is 3. The maximum Gasteiger partial charge on any atom is 0.309 e. The number of hydrogen-bond donors (Lipinski definition) is 0. The molecule has 0 radical (unpaired) electrons. The van der Waals surface area contributed by atoms with Crippen LogP contribution in [0.3, 0.4) is 0 Å². The second-order valence-electron chi connectivity index (χ2n) is 4.60. The molecule has 1 rings (SSSR count). The summed E-state index contributed by atoms with van der Waals surface area (Å²) >= 11 is 0. The smallest absolute Gasteiger partial charge is 0.309 e. The molecule has 1 heterocycles. The standard InChI is InChI=1S/C11H21NO2/c1-9(2)8-14-11(13)10-4-6-12(3)7-5-10/h9-10H,4-8H2,1-3H3. The van der Waals surface area contributed by atoms with Crippen LogP contribution in [-0.2, 0) is 9.53 Å². The van der Waals surface area contributed by atoms with E-state index in [1.807, 2.05) is 0 Å². The monoisotopic (exact) mass is 199 g/mol. The molecule has 0 aliphatic carbocycles. The zero-order chi connectivity index (χ0) is 10.6. The van der Waals surface area contributed by atoms with Gasteiger partial charge in [0.15, 0.2) is 0 Å². The molecule has 1 fully saturated rings. The van der Waals surface area contributed by atoms with Gasteiger partial charge >= 0.3 is 5.97 Å². The van der Waals surface area contributed by atoms with Crippen molar-refractivity contribution in [3.63, 3.8) is 0 Å². The van der Waals surface area contributed by atoms with E-state index in [-0.39, 0.29) is 11.9 Å². The van der Waals surface area contributed by atoms with Crippen LogP contribution in [0, 0.1) is 11.8 Å². The average molecular weight is 199 g/mol. The molecule has 0 aromatic heterocycles. The first-order chi connectivity index (χ1) is 6.59. The van der Waals surface area contributed by atoms with Crippen LogP contribution >= 0.6 is 0 Å². The summed E-state index contributed by atoms with van der Waals surface area (Å²) in [6.07, 6.45) is 1.90. The molecule has 0 aromatic carbocycles. The minimum absolute atomic E-state index is 0.00630. The van der Waals surface area contributed by atoms with E-state index in [1.54, 1.807) is 0 Å². The van der Waals surface area contributed by atoms with Gasteiger partial charge in [0.05, 0.1) is 12.5 Å². The van der Waals surface area contributed by atoms with Crippen LogP contribution in [0.5, 0.6) is 0 Å². The minimum Gasteiger partial charge on any atom is -0.465 e. The maximum atomic E-state index is 11.6. The number of rotatable bonds is 3. The highest BCUT2D eigenvalue weighted by Gasteiger charge is 2.24. The first kappa shape index (κ1) is 11.5. The third-order valence-electron chi connectivity index (χ3n) is 2.61. The van der Waals surface area contributed by atoms with Crippen molar-refractivity contribution in [2.45, 2.75) is 26.7 Å². The predicted molar refractivity (Wildman–Crippen MR) is 56.0 cm³/mol. The molecule has 1 aliphatic heterocycles. The normalized spacial score (nSPS) is 20.0. The molecule has 0 unspecified atom stereocenters. The van der Waals surface area contributed by atoms with Gasteiger partial charge in [0.1, 0.15) is 0 Å². The Labute approximate surface area is 86.4 Å². The van der Waals surface area contributed by atoms with Gasteiger partial charge in [-0.15, -0.1) is 0 Å². The summed E-state index contributed by atoms with van der Waals surface area (Å²) in [5.41, 5.74) is 0. The Morgan fingerprint density at radius 2 is 2.00 bits per heavy atom. The SMILES string of the molecule is CC(C)COC(=O)C1CCN(C)CC1. The summed E-state index contributed by atoms with van der Waals surface area (Å²) in [6, 6.07) is 0. The van der Waals surface area contributed by atoms with Gasteiger partial charge in [0.25, 0.3) is 0 Å². The Kier molecular flexibility index (Phi) is 4.39. The molecule has 0 spiro atoms. The summed E-state index contributed by atoms with van der Waals surface area (Å²) in [5, 5.41) is 0. The van der Waals surface area contributed by atoms with Crippen molar-refractivity contribution in [3.05, 3.63) is 0 Å². The van der Waals surface area contributed by atoms with Crippen molar-refractivity contribution in [2.75, 3.05) is 26.7 Å². The highest BCUT2D eigenvalue weighted by Crippen LogP contribution is 2.17. The van der Waals surface area contributed by atoms with Gasteiger partial charge < -0.3 is 9.64 Å². The summed E-state index contributed by atoms with van der Waals surface area (Å²) in [7, 11) is 2.09.